The predicted octanol–water partition coefficient (Wildman–Crippen LogP) is 2.82. The molecule has 0 spiro atoms. The van der Waals surface area contributed by atoms with Crippen LogP contribution < -0.4 is 5.43 Å². The first-order chi connectivity index (χ1) is 14.0. The second-order valence-electron chi connectivity index (χ2n) is 6.23. The van der Waals surface area contributed by atoms with E-state index in [1.807, 2.05) is 0 Å². The molecule has 13 heteroatoms. The van der Waals surface area contributed by atoms with Crippen LogP contribution in [-0.2, 0) is 21.9 Å². The Balaban J connectivity index is 1.78. The molecule has 2 aromatic rings. The average molecular weight is 435 g/mol. The largest absolute Gasteiger partial charge is 0.416 e. The number of ether oxygens (including phenoxy) is 1. The van der Waals surface area contributed by atoms with Crippen molar-refractivity contribution >= 4 is 12.1 Å². The van der Waals surface area contributed by atoms with Gasteiger partial charge >= 0.3 is 12.4 Å². The third kappa shape index (κ3) is 5.57. The fourth-order valence-corrected chi connectivity index (χ4v) is 2.58. The van der Waals surface area contributed by atoms with Gasteiger partial charge in [0.25, 0.3) is 5.91 Å². The lowest BCUT2D eigenvalue weighted by molar-refractivity contribution is -0.143. The third-order valence-corrected chi connectivity index (χ3v) is 4.01. The van der Waals surface area contributed by atoms with Crippen molar-refractivity contribution in [3.05, 3.63) is 41.7 Å². The van der Waals surface area contributed by atoms with Crippen LogP contribution in [0.25, 0.3) is 17.6 Å². The van der Waals surface area contributed by atoms with Crippen molar-refractivity contribution in [2.24, 2.45) is 0 Å². The molecule has 1 aliphatic heterocycles. The van der Waals surface area contributed by atoms with Gasteiger partial charge in [-0.1, -0.05) is 0 Å². The molecular weight excluding hydrogens is 420 g/mol. The number of nitrogens with one attached hydrogen (secondary N) is 1. The molecule has 7 nitrogen and oxygen atoms in total. The zero-order valence-electron chi connectivity index (χ0n) is 15.2. The smallest absolute Gasteiger partial charge is 0.379 e. The number of hydrogen-bond donors (Lipinski definition) is 1. The van der Waals surface area contributed by atoms with E-state index in [1.54, 1.807) is 5.01 Å². The number of rotatable bonds is 4. The van der Waals surface area contributed by atoms with E-state index in [0.717, 1.165) is 17.1 Å². The minimum absolute atomic E-state index is 0.0242. The number of carbonyl (C=O) groups is 1. The summed E-state index contributed by atoms with van der Waals surface area (Å²) < 4.78 is 84.0. The highest BCUT2D eigenvalue weighted by molar-refractivity contribution is 5.89. The van der Waals surface area contributed by atoms with Gasteiger partial charge in [-0.3, -0.25) is 10.2 Å². The number of alkyl halides is 6. The van der Waals surface area contributed by atoms with E-state index in [-0.39, 0.29) is 11.9 Å². The number of morpholine rings is 1. The summed E-state index contributed by atoms with van der Waals surface area (Å²) in [7, 11) is 0. The van der Waals surface area contributed by atoms with E-state index in [2.05, 4.69) is 15.5 Å². The molecule has 1 aromatic heterocycles. The highest BCUT2D eigenvalue weighted by Gasteiger charge is 2.37. The summed E-state index contributed by atoms with van der Waals surface area (Å²) in [5, 5.41) is 5.46. The van der Waals surface area contributed by atoms with E-state index < -0.39 is 35.0 Å². The van der Waals surface area contributed by atoms with Gasteiger partial charge in [0.05, 0.1) is 24.3 Å². The number of halogens is 6. The summed E-state index contributed by atoms with van der Waals surface area (Å²) in [5.41, 5.74) is -0.801. The first-order valence-corrected chi connectivity index (χ1v) is 8.55. The molecule has 1 N–H and O–H groups in total. The molecule has 1 amide bonds. The molecule has 0 radical (unpaired) electrons. The van der Waals surface area contributed by atoms with Gasteiger partial charge in [-0.2, -0.15) is 26.3 Å². The van der Waals surface area contributed by atoms with Gasteiger partial charge in [-0.25, -0.2) is 14.7 Å². The maximum atomic E-state index is 13.0. The first-order valence-electron chi connectivity index (χ1n) is 8.55. The van der Waals surface area contributed by atoms with E-state index in [0.29, 0.717) is 38.4 Å². The van der Waals surface area contributed by atoms with Crippen LogP contribution in [0.5, 0.6) is 0 Å². The maximum absolute atomic E-state index is 13.0. The van der Waals surface area contributed by atoms with Crippen molar-refractivity contribution in [2.75, 3.05) is 26.3 Å². The monoisotopic (exact) mass is 435 g/mol. The minimum Gasteiger partial charge on any atom is -0.379 e. The number of aromatic nitrogens is 3. The van der Waals surface area contributed by atoms with Gasteiger partial charge in [-0.05, 0) is 18.2 Å². The van der Waals surface area contributed by atoms with Gasteiger partial charge in [0.15, 0.2) is 5.82 Å². The molecule has 1 aromatic carbocycles. The maximum Gasteiger partial charge on any atom is 0.416 e. The summed E-state index contributed by atoms with van der Waals surface area (Å²) in [4.78, 5) is 15.6. The SMILES string of the molecule is O=C(C=Cn1cnc(-c2cc(C(F)(F)F)cc(C(F)(F)F)c2)n1)NN1CCOCC1. The summed E-state index contributed by atoms with van der Waals surface area (Å²) in [6.45, 7) is 1.94. The highest BCUT2D eigenvalue weighted by Crippen LogP contribution is 2.37. The van der Waals surface area contributed by atoms with Gasteiger partial charge < -0.3 is 4.74 Å². The van der Waals surface area contributed by atoms with Crippen molar-refractivity contribution < 1.29 is 35.9 Å². The Morgan fingerprint density at radius 3 is 2.20 bits per heavy atom. The number of carbonyl (C=O) groups excluding carboxylic acids is 1. The molecule has 1 aliphatic rings. The quantitative estimate of drug-likeness (QED) is 0.591. The molecule has 162 valence electrons. The molecule has 3 rings (SSSR count). The lowest BCUT2D eigenvalue weighted by atomic mass is 10.0. The zero-order chi connectivity index (χ0) is 21.9. The van der Waals surface area contributed by atoms with Crippen LogP contribution in [-0.4, -0.2) is 52.0 Å². The summed E-state index contributed by atoms with van der Waals surface area (Å²) in [6, 6.07) is 1.09. The Labute approximate surface area is 165 Å². The Bertz CT molecular complexity index is 899. The van der Waals surface area contributed by atoms with Gasteiger partial charge in [0.2, 0.25) is 0 Å². The molecular formula is C17H15F6N5O2. The fraction of sp³-hybridized carbons (Fsp3) is 0.353. The molecule has 0 unspecified atom stereocenters. The highest BCUT2D eigenvalue weighted by atomic mass is 19.4. The Morgan fingerprint density at radius 1 is 1.03 bits per heavy atom. The van der Waals surface area contributed by atoms with Crippen molar-refractivity contribution in [3.63, 3.8) is 0 Å². The number of benzene rings is 1. The number of nitrogens with zero attached hydrogens (tertiary/aromatic N) is 4. The summed E-state index contributed by atoms with van der Waals surface area (Å²) in [5.74, 6) is -0.850. The third-order valence-electron chi connectivity index (χ3n) is 4.01. The minimum atomic E-state index is -4.98. The number of hydrogen-bond acceptors (Lipinski definition) is 5. The molecule has 0 saturated carbocycles. The molecule has 0 atom stereocenters. The summed E-state index contributed by atoms with van der Waals surface area (Å²) >= 11 is 0. The van der Waals surface area contributed by atoms with Crippen molar-refractivity contribution in [3.8, 4) is 11.4 Å². The van der Waals surface area contributed by atoms with E-state index in [1.165, 1.54) is 6.20 Å². The first kappa shape index (κ1) is 21.8. The average Bonchev–Trinajstić information content (AvgIpc) is 3.15. The second kappa shape index (κ2) is 8.44. The number of amides is 1. The van der Waals surface area contributed by atoms with Crippen LogP contribution in [0.3, 0.4) is 0 Å². The van der Waals surface area contributed by atoms with E-state index >= 15 is 0 Å². The fourth-order valence-electron chi connectivity index (χ4n) is 2.58. The molecule has 0 aliphatic carbocycles. The Morgan fingerprint density at radius 2 is 1.63 bits per heavy atom. The van der Waals surface area contributed by atoms with Crippen LogP contribution in [0.1, 0.15) is 11.1 Å². The van der Waals surface area contributed by atoms with E-state index in [9.17, 15) is 31.1 Å². The Kier molecular flexibility index (Phi) is 6.12. The van der Waals surface area contributed by atoms with Crippen molar-refractivity contribution in [1.82, 2.24) is 25.2 Å². The van der Waals surface area contributed by atoms with Gasteiger partial charge in [-0.15, -0.1) is 5.10 Å². The van der Waals surface area contributed by atoms with Crippen LogP contribution in [0, 0.1) is 0 Å². The lowest BCUT2D eigenvalue weighted by Gasteiger charge is -2.26. The van der Waals surface area contributed by atoms with Crippen LogP contribution in [0.2, 0.25) is 0 Å². The lowest BCUT2D eigenvalue weighted by Crippen LogP contribution is -2.47. The molecule has 30 heavy (non-hydrogen) atoms. The topological polar surface area (TPSA) is 72.3 Å². The second-order valence-corrected chi connectivity index (χ2v) is 6.23. The molecule has 1 saturated heterocycles. The molecule has 1 fully saturated rings. The molecule has 2 heterocycles. The number of hydrazine groups is 1. The van der Waals surface area contributed by atoms with E-state index in [4.69, 9.17) is 4.74 Å². The zero-order valence-corrected chi connectivity index (χ0v) is 15.2. The van der Waals surface area contributed by atoms with Gasteiger partial charge in [0.1, 0.15) is 6.33 Å². The predicted molar refractivity (Wildman–Crippen MR) is 91.3 cm³/mol. The van der Waals surface area contributed by atoms with Crippen molar-refractivity contribution in [2.45, 2.75) is 12.4 Å². The van der Waals surface area contributed by atoms with Crippen LogP contribution >= 0.6 is 0 Å². The standard InChI is InChI=1S/C17H15F6N5O2/c18-16(19,20)12-7-11(8-13(9-12)17(21,22)23)15-24-10-28(26-15)2-1-14(29)25-27-3-5-30-6-4-27/h1-2,7-10H,3-6H2,(H,25,29). The van der Waals surface area contributed by atoms with Crippen LogP contribution in [0.15, 0.2) is 30.6 Å². The normalized spacial score (nSPS) is 16.2. The molecule has 0 bridgehead atoms. The van der Waals surface area contributed by atoms with Gasteiger partial charge in [0, 0.05) is 30.9 Å². The van der Waals surface area contributed by atoms with Crippen molar-refractivity contribution in [1.29, 1.82) is 0 Å². The Hall–Kier alpha value is -2.93. The summed E-state index contributed by atoms with van der Waals surface area (Å²) in [6.07, 6.45) is -6.63. The van der Waals surface area contributed by atoms with Crippen LogP contribution in [0.4, 0.5) is 26.3 Å².